The summed E-state index contributed by atoms with van der Waals surface area (Å²) in [6.45, 7) is 1.76. The van der Waals surface area contributed by atoms with Gasteiger partial charge in [-0.2, -0.15) is 5.10 Å². The van der Waals surface area contributed by atoms with Crippen LogP contribution in [0.25, 0.3) is 5.57 Å². The van der Waals surface area contributed by atoms with E-state index in [1.165, 1.54) is 10.3 Å². The number of carboxylic acid groups (broad SMARTS) is 1. The number of aliphatic carboxylic acids is 1. The van der Waals surface area contributed by atoms with Gasteiger partial charge in [0.2, 0.25) is 0 Å². The smallest absolute Gasteiger partial charge is 0.325 e. The molecule has 5 nitrogen and oxygen atoms in total. The molecule has 1 aromatic heterocycles. The van der Waals surface area contributed by atoms with Gasteiger partial charge in [-0.25, -0.2) is 0 Å². The Morgan fingerprint density at radius 1 is 1.67 bits per heavy atom. The molecule has 5 heteroatoms. The third-order valence-electron chi connectivity index (χ3n) is 2.37. The van der Waals surface area contributed by atoms with Gasteiger partial charge in [-0.15, -0.1) is 0 Å². The lowest BCUT2D eigenvalue weighted by Gasteiger charge is -2.11. The minimum absolute atomic E-state index is 0.0778. The monoisotopic (exact) mass is 207 g/mol. The Morgan fingerprint density at radius 2 is 2.53 bits per heavy atom. The maximum Gasteiger partial charge on any atom is 0.325 e. The highest BCUT2D eigenvalue weighted by molar-refractivity contribution is 5.68. The molecule has 0 saturated heterocycles. The molecule has 0 saturated carbocycles. The average molecular weight is 207 g/mol. The van der Waals surface area contributed by atoms with Gasteiger partial charge in [0.05, 0.1) is 6.20 Å². The van der Waals surface area contributed by atoms with E-state index in [1.54, 1.807) is 12.4 Å². The molecule has 2 rings (SSSR count). The van der Waals surface area contributed by atoms with Gasteiger partial charge in [-0.1, -0.05) is 6.08 Å². The van der Waals surface area contributed by atoms with E-state index in [-0.39, 0.29) is 6.54 Å². The van der Waals surface area contributed by atoms with Crippen molar-refractivity contribution < 1.29 is 9.90 Å². The summed E-state index contributed by atoms with van der Waals surface area (Å²) in [6, 6.07) is 0. The fraction of sp³-hybridized carbons (Fsp3) is 0.400. The van der Waals surface area contributed by atoms with Gasteiger partial charge in [-0.05, 0) is 18.5 Å². The molecule has 0 spiro atoms. The zero-order valence-electron chi connectivity index (χ0n) is 8.31. The third kappa shape index (κ3) is 2.44. The van der Waals surface area contributed by atoms with Crippen molar-refractivity contribution >= 4 is 11.5 Å². The largest absolute Gasteiger partial charge is 0.480 e. The highest BCUT2D eigenvalue weighted by Crippen LogP contribution is 2.18. The molecule has 0 aliphatic carbocycles. The van der Waals surface area contributed by atoms with E-state index >= 15 is 0 Å². The molecule has 0 aromatic carbocycles. The summed E-state index contributed by atoms with van der Waals surface area (Å²) in [5.74, 6) is -0.871. The van der Waals surface area contributed by atoms with Gasteiger partial charge in [0.15, 0.2) is 0 Å². The van der Waals surface area contributed by atoms with Crippen LogP contribution in [0, 0.1) is 0 Å². The zero-order valence-corrected chi connectivity index (χ0v) is 8.31. The number of carbonyl (C=O) groups is 1. The predicted molar refractivity (Wildman–Crippen MR) is 55.3 cm³/mol. The lowest BCUT2D eigenvalue weighted by Crippen LogP contribution is -2.19. The van der Waals surface area contributed by atoms with Crippen molar-refractivity contribution in [2.24, 2.45) is 0 Å². The molecule has 1 aliphatic rings. The second-order valence-corrected chi connectivity index (χ2v) is 3.50. The summed E-state index contributed by atoms with van der Waals surface area (Å²) < 4.78 is 1.44. The van der Waals surface area contributed by atoms with Crippen molar-refractivity contribution in [3.05, 3.63) is 24.0 Å². The number of rotatable bonds is 3. The number of nitrogens with one attached hydrogen (secondary N) is 1. The Kier molecular flexibility index (Phi) is 2.82. The van der Waals surface area contributed by atoms with Crippen LogP contribution >= 0.6 is 0 Å². The Morgan fingerprint density at radius 3 is 3.20 bits per heavy atom. The molecule has 0 amide bonds. The predicted octanol–water partition coefficient (Wildman–Crippen LogP) is 0.344. The molecule has 80 valence electrons. The first kappa shape index (κ1) is 9.92. The summed E-state index contributed by atoms with van der Waals surface area (Å²) in [5, 5.41) is 15.8. The van der Waals surface area contributed by atoms with Gasteiger partial charge >= 0.3 is 5.97 Å². The maximum absolute atomic E-state index is 10.5. The molecule has 1 aromatic rings. The normalized spacial score (nSPS) is 16.1. The van der Waals surface area contributed by atoms with Crippen LogP contribution in [-0.2, 0) is 11.3 Å². The standard InChI is InChI=1S/C10H13N3O2/c14-10(15)7-13-6-9(5-12-13)8-1-3-11-4-2-8/h1,5-6,11H,2-4,7H2,(H,14,15). The molecule has 1 aliphatic heterocycles. The van der Waals surface area contributed by atoms with Crippen molar-refractivity contribution in [1.29, 1.82) is 0 Å². The van der Waals surface area contributed by atoms with Gasteiger partial charge < -0.3 is 10.4 Å². The number of nitrogens with zero attached hydrogens (tertiary/aromatic N) is 2. The van der Waals surface area contributed by atoms with Crippen LogP contribution in [0.3, 0.4) is 0 Å². The summed E-state index contributed by atoms with van der Waals surface area (Å²) >= 11 is 0. The van der Waals surface area contributed by atoms with Crippen molar-refractivity contribution in [3.8, 4) is 0 Å². The van der Waals surface area contributed by atoms with Crippen LogP contribution < -0.4 is 5.32 Å². The highest BCUT2D eigenvalue weighted by Gasteiger charge is 2.08. The summed E-state index contributed by atoms with van der Waals surface area (Å²) in [7, 11) is 0. The topological polar surface area (TPSA) is 67.2 Å². The highest BCUT2D eigenvalue weighted by atomic mass is 16.4. The zero-order chi connectivity index (χ0) is 10.7. The fourth-order valence-corrected chi connectivity index (χ4v) is 1.64. The van der Waals surface area contributed by atoms with Gasteiger partial charge in [-0.3, -0.25) is 9.48 Å². The van der Waals surface area contributed by atoms with Gasteiger partial charge in [0, 0.05) is 18.3 Å². The lowest BCUT2D eigenvalue weighted by molar-refractivity contribution is -0.137. The Labute approximate surface area is 87.4 Å². The van der Waals surface area contributed by atoms with Crippen LogP contribution in [0.1, 0.15) is 12.0 Å². The van der Waals surface area contributed by atoms with Gasteiger partial charge in [0.25, 0.3) is 0 Å². The molecule has 2 heterocycles. The first-order valence-corrected chi connectivity index (χ1v) is 4.90. The van der Waals surface area contributed by atoms with Crippen LogP contribution in [-0.4, -0.2) is 33.9 Å². The quantitative estimate of drug-likeness (QED) is 0.750. The molecular weight excluding hydrogens is 194 g/mol. The summed E-state index contributed by atoms with van der Waals surface area (Å²) in [5.41, 5.74) is 2.27. The van der Waals surface area contributed by atoms with Crippen molar-refractivity contribution in [2.75, 3.05) is 13.1 Å². The number of hydrogen-bond donors (Lipinski definition) is 2. The number of aromatic nitrogens is 2. The molecule has 0 bridgehead atoms. The first-order valence-electron chi connectivity index (χ1n) is 4.90. The van der Waals surface area contributed by atoms with Crippen LogP contribution in [0.4, 0.5) is 0 Å². The molecule has 15 heavy (non-hydrogen) atoms. The van der Waals surface area contributed by atoms with E-state index < -0.39 is 5.97 Å². The third-order valence-corrected chi connectivity index (χ3v) is 2.37. The number of hydrogen-bond acceptors (Lipinski definition) is 3. The van der Waals surface area contributed by atoms with E-state index in [0.717, 1.165) is 25.1 Å². The Balaban J connectivity index is 2.12. The van der Waals surface area contributed by atoms with Crippen LogP contribution in [0.2, 0.25) is 0 Å². The van der Waals surface area contributed by atoms with E-state index in [0.29, 0.717) is 0 Å². The van der Waals surface area contributed by atoms with E-state index in [2.05, 4.69) is 16.5 Å². The summed E-state index contributed by atoms with van der Waals surface area (Å²) in [6.07, 6.45) is 6.59. The molecular formula is C10H13N3O2. The molecule has 0 radical (unpaired) electrons. The molecule has 0 atom stereocenters. The van der Waals surface area contributed by atoms with Crippen molar-refractivity contribution in [1.82, 2.24) is 15.1 Å². The second-order valence-electron chi connectivity index (χ2n) is 3.50. The first-order chi connectivity index (χ1) is 7.25. The molecule has 0 unspecified atom stereocenters. The van der Waals surface area contributed by atoms with Gasteiger partial charge in [0.1, 0.15) is 6.54 Å². The minimum atomic E-state index is -0.871. The maximum atomic E-state index is 10.5. The van der Waals surface area contributed by atoms with E-state index in [1.807, 2.05) is 0 Å². The van der Waals surface area contributed by atoms with Crippen molar-refractivity contribution in [2.45, 2.75) is 13.0 Å². The van der Waals surface area contributed by atoms with Crippen molar-refractivity contribution in [3.63, 3.8) is 0 Å². The second kappa shape index (κ2) is 4.27. The van der Waals surface area contributed by atoms with Crippen LogP contribution in [0.15, 0.2) is 18.5 Å². The fourth-order valence-electron chi connectivity index (χ4n) is 1.64. The Bertz CT molecular complexity index is 395. The van der Waals surface area contributed by atoms with Crippen LogP contribution in [0.5, 0.6) is 0 Å². The summed E-state index contributed by atoms with van der Waals surface area (Å²) in [4.78, 5) is 10.5. The molecule has 0 fully saturated rings. The lowest BCUT2D eigenvalue weighted by atomic mass is 10.0. The average Bonchev–Trinajstić information content (AvgIpc) is 2.67. The Hall–Kier alpha value is -1.62. The SMILES string of the molecule is O=C(O)Cn1cc(C2=CCNCC2)cn1. The number of carboxylic acids is 1. The van der Waals surface area contributed by atoms with E-state index in [9.17, 15) is 4.79 Å². The minimum Gasteiger partial charge on any atom is -0.480 e. The molecule has 2 N–H and O–H groups in total. The van der Waals surface area contributed by atoms with E-state index in [4.69, 9.17) is 5.11 Å².